The first kappa shape index (κ1) is 24.1. The average Bonchev–Trinajstić information content (AvgIpc) is 2.74. The fourth-order valence-electron chi connectivity index (χ4n) is 5.87. The lowest BCUT2D eigenvalue weighted by atomic mass is 9.61. The van der Waals surface area contributed by atoms with Crippen molar-refractivity contribution in [3.8, 4) is 0 Å². The van der Waals surface area contributed by atoms with Crippen LogP contribution in [0.15, 0.2) is 71.8 Å². The SMILES string of the molecule is Cc1ccccc1C1=C2C=CC(=[N+]3CCC3)C=C2C(C(F)(F)F)(C(F)(F)F)c2cc(N3CCC3)ccc21. The van der Waals surface area contributed by atoms with Crippen LogP contribution in [-0.4, -0.2) is 48.8 Å². The second-order valence-corrected chi connectivity index (χ2v) is 10.1. The fraction of sp³-hybridized carbons (Fsp3) is 0.345. The van der Waals surface area contributed by atoms with E-state index in [1.54, 1.807) is 30.3 Å². The maximum atomic E-state index is 15.2. The first-order valence-corrected chi connectivity index (χ1v) is 12.4. The molecule has 37 heavy (non-hydrogen) atoms. The van der Waals surface area contributed by atoms with Gasteiger partial charge in [-0.15, -0.1) is 0 Å². The molecule has 0 unspecified atom stereocenters. The van der Waals surface area contributed by atoms with Crippen LogP contribution in [0.25, 0.3) is 5.57 Å². The number of anilines is 1. The van der Waals surface area contributed by atoms with Crippen LogP contribution in [0.4, 0.5) is 32.0 Å². The minimum absolute atomic E-state index is 0.0302. The molecule has 2 heterocycles. The van der Waals surface area contributed by atoms with Crippen LogP contribution in [-0.2, 0) is 5.41 Å². The van der Waals surface area contributed by atoms with E-state index in [2.05, 4.69) is 0 Å². The van der Waals surface area contributed by atoms with Gasteiger partial charge >= 0.3 is 12.4 Å². The van der Waals surface area contributed by atoms with Gasteiger partial charge in [-0.25, -0.2) is 4.58 Å². The zero-order valence-corrected chi connectivity index (χ0v) is 20.2. The molecule has 192 valence electrons. The zero-order chi connectivity index (χ0) is 26.2. The Bertz CT molecular complexity index is 1400. The van der Waals surface area contributed by atoms with Crippen LogP contribution < -0.4 is 4.90 Å². The Kier molecular flexibility index (Phi) is 5.27. The number of nitrogens with zero attached hydrogens (tertiary/aromatic N) is 2. The molecular weight excluding hydrogens is 490 g/mol. The molecule has 4 aliphatic rings. The number of fused-ring (bicyclic) bond motifs is 2. The molecule has 6 rings (SSSR count). The second kappa shape index (κ2) is 8.10. The maximum absolute atomic E-state index is 15.2. The van der Waals surface area contributed by atoms with Gasteiger partial charge in [-0.3, -0.25) is 0 Å². The maximum Gasteiger partial charge on any atom is 0.411 e. The van der Waals surface area contributed by atoms with Crippen LogP contribution in [0.1, 0.15) is 35.1 Å². The summed E-state index contributed by atoms with van der Waals surface area (Å²) in [4.78, 5) is 1.82. The van der Waals surface area contributed by atoms with E-state index in [1.807, 2.05) is 22.5 Å². The van der Waals surface area contributed by atoms with Crippen LogP contribution in [0.2, 0.25) is 0 Å². The van der Waals surface area contributed by atoms with Gasteiger partial charge in [0.1, 0.15) is 13.1 Å². The van der Waals surface area contributed by atoms with Crippen molar-refractivity contribution < 1.29 is 30.9 Å². The highest BCUT2D eigenvalue weighted by Crippen LogP contribution is 2.63. The highest BCUT2D eigenvalue weighted by molar-refractivity contribution is 6.07. The van der Waals surface area contributed by atoms with E-state index in [4.69, 9.17) is 0 Å². The summed E-state index contributed by atoms with van der Waals surface area (Å²) in [5.41, 5.74) is -3.14. The molecule has 2 aromatic carbocycles. The molecule has 0 N–H and O–H groups in total. The molecule has 2 nitrogen and oxygen atoms in total. The second-order valence-electron chi connectivity index (χ2n) is 10.1. The van der Waals surface area contributed by atoms with Gasteiger partial charge in [0.15, 0.2) is 5.71 Å². The monoisotopic (exact) mass is 515 g/mol. The number of hydrogen-bond donors (Lipinski definition) is 0. The first-order chi connectivity index (χ1) is 17.5. The van der Waals surface area contributed by atoms with Gasteiger partial charge in [-0.2, -0.15) is 26.3 Å². The van der Waals surface area contributed by atoms with Crippen LogP contribution in [0.5, 0.6) is 0 Å². The van der Waals surface area contributed by atoms with E-state index in [9.17, 15) is 0 Å². The fourth-order valence-corrected chi connectivity index (χ4v) is 5.87. The van der Waals surface area contributed by atoms with Crippen molar-refractivity contribution in [3.05, 3.63) is 94.1 Å². The standard InChI is InChI=1S/C29H25F6N2/c1-18-6-2-3-7-21(18)26-22-10-8-19(36-12-4-13-36)16-24(22)27(28(30,31)32,29(33,34)35)25-17-20(9-11-23(25)26)37-14-5-15-37/h2-3,6-11,16-17H,4-5,12-15H2,1H3/q+1. The van der Waals surface area contributed by atoms with Crippen molar-refractivity contribution in [3.63, 3.8) is 0 Å². The summed E-state index contributed by atoms with van der Waals surface area (Å²) in [6.45, 7) is 4.24. The summed E-state index contributed by atoms with van der Waals surface area (Å²) in [5.74, 6) is 0. The molecule has 0 atom stereocenters. The van der Waals surface area contributed by atoms with Gasteiger partial charge in [0.2, 0.25) is 5.41 Å². The summed E-state index contributed by atoms with van der Waals surface area (Å²) in [6.07, 6.45) is -5.31. The van der Waals surface area contributed by atoms with Crippen molar-refractivity contribution >= 4 is 17.0 Å². The van der Waals surface area contributed by atoms with Gasteiger partial charge in [-0.1, -0.05) is 30.3 Å². The van der Waals surface area contributed by atoms with E-state index < -0.39 is 28.9 Å². The van der Waals surface area contributed by atoms with E-state index in [1.165, 1.54) is 12.1 Å². The normalized spacial score (nSPS) is 20.7. The number of hydrogen-bond acceptors (Lipinski definition) is 1. The largest absolute Gasteiger partial charge is 0.411 e. The molecule has 2 saturated heterocycles. The Morgan fingerprint density at radius 3 is 2.11 bits per heavy atom. The predicted octanol–water partition coefficient (Wildman–Crippen LogP) is 6.74. The van der Waals surface area contributed by atoms with Crippen LogP contribution in [0, 0.1) is 6.92 Å². The van der Waals surface area contributed by atoms with Crippen molar-refractivity contribution in [2.45, 2.75) is 37.5 Å². The summed E-state index contributed by atoms with van der Waals surface area (Å²) in [5, 5.41) is 0. The Morgan fingerprint density at radius 2 is 1.54 bits per heavy atom. The number of allylic oxidation sites excluding steroid dienone is 5. The van der Waals surface area contributed by atoms with Gasteiger partial charge < -0.3 is 4.90 Å². The molecule has 0 bridgehead atoms. The van der Waals surface area contributed by atoms with E-state index >= 15 is 26.3 Å². The predicted molar refractivity (Wildman–Crippen MR) is 131 cm³/mol. The van der Waals surface area contributed by atoms with E-state index in [-0.39, 0.29) is 11.1 Å². The van der Waals surface area contributed by atoms with Gasteiger partial charge in [0.25, 0.3) is 0 Å². The molecule has 0 amide bonds. The highest BCUT2D eigenvalue weighted by Gasteiger charge is 2.75. The minimum atomic E-state index is -5.62. The lowest BCUT2D eigenvalue weighted by molar-refractivity contribution is -0.582. The van der Waals surface area contributed by atoms with E-state index in [0.717, 1.165) is 30.5 Å². The molecule has 2 aromatic rings. The third-order valence-electron chi connectivity index (χ3n) is 8.06. The number of aryl methyl sites for hydroxylation is 1. The van der Waals surface area contributed by atoms with Gasteiger partial charge in [0, 0.05) is 30.9 Å². The smallest absolute Gasteiger partial charge is 0.371 e. The lowest BCUT2D eigenvalue weighted by Gasteiger charge is -2.46. The third-order valence-corrected chi connectivity index (χ3v) is 8.06. The molecule has 2 aliphatic carbocycles. The number of benzene rings is 2. The summed E-state index contributed by atoms with van der Waals surface area (Å²) in [6, 6.07) is 11.4. The average molecular weight is 516 g/mol. The van der Waals surface area contributed by atoms with Gasteiger partial charge in [0.05, 0.1) is 6.42 Å². The highest BCUT2D eigenvalue weighted by atomic mass is 19.4. The van der Waals surface area contributed by atoms with Crippen molar-refractivity contribution in [2.75, 3.05) is 31.1 Å². The molecule has 2 fully saturated rings. The van der Waals surface area contributed by atoms with Crippen LogP contribution in [0.3, 0.4) is 0 Å². The molecular formula is C29H25F6N2+. The summed E-state index contributed by atoms with van der Waals surface area (Å²) >= 11 is 0. The number of alkyl halides is 6. The topological polar surface area (TPSA) is 6.25 Å². The molecule has 2 aliphatic heterocycles. The first-order valence-electron chi connectivity index (χ1n) is 12.4. The lowest BCUT2D eigenvalue weighted by Crippen LogP contribution is -2.57. The quantitative estimate of drug-likeness (QED) is 0.317. The van der Waals surface area contributed by atoms with Crippen molar-refractivity contribution in [1.29, 1.82) is 0 Å². The summed E-state index contributed by atoms with van der Waals surface area (Å²) < 4.78 is 92.8. The molecule has 0 radical (unpaired) electrons. The number of halogens is 6. The van der Waals surface area contributed by atoms with Gasteiger partial charge in [-0.05, 0) is 70.5 Å². The molecule has 0 aromatic heterocycles. The Morgan fingerprint density at radius 1 is 0.838 bits per heavy atom. The Hall–Kier alpha value is -3.29. The third kappa shape index (κ3) is 3.37. The molecule has 0 saturated carbocycles. The van der Waals surface area contributed by atoms with Crippen molar-refractivity contribution in [2.24, 2.45) is 0 Å². The van der Waals surface area contributed by atoms with E-state index in [0.29, 0.717) is 48.7 Å². The number of rotatable bonds is 2. The van der Waals surface area contributed by atoms with Crippen LogP contribution >= 0.6 is 0 Å². The summed E-state index contributed by atoms with van der Waals surface area (Å²) in [7, 11) is 0. The Labute approximate surface area is 210 Å². The zero-order valence-electron chi connectivity index (χ0n) is 20.2. The molecule has 0 spiro atoms. The Balaban J connectivity index is 1.76. The molecule has 8 heteroatoms. The van der Waals surface area contributed by atoms with Crippen molar-refractivity contribution in [1.82, 2.24) is 0 Å². The minimum Gasteiger partial charge on any atom is -0.371 e.